The molecule has 0 aliphatic carbocycles. The summed E-state index contributed by atoms with van der Waals surface area (Å²) < 4.78 is 0. The van der Waals surface area contributed by atoms with Crippen LogP contribution in [0.5, 0.6) is 0 Å². The number of hydrogen-bond acceptors (Lipinski definition) is 4. The van der Waals surface area contributed by atoms with E-state index in [4.69, 9.17) is 5.11 Å². The fraction of sp³-hybridized carbons (Fsp3) is 0.909. The van der Waals surface area contributed by atoms with Crippen molar-refractivity contribution in [3.63, 3.8) is 0 Å². The zero-order valence-corrected chi connectivity index (χ0v) is 9.83. The van der Waals surface area contributed by atoms with Crippen LogP contribution in [0, 0.1) is 0 Å². The van der Waals surface area contributed by atoms with Gasteiger partial charge in [0.25, 0.3) is 0 Å². The van der Waals surface area contributed by atoms with Gasteiger partial charge in [-0.05, 0) is 26.4 Å². The number of nitrogens with zero attached hydrogens (tertiary/aromatic N) is 1. The summed E-state index contributed by atoms with van der Waals surface area (Å²) in [5, 5.41) is 15.5. The number of carbonyl (C=O) groups is 1. The molecule has 2 aliphatic heterocycles. The minimum Gasteiger partial charge on any atom is -0.481 e. The summed E-state index contributed by atoms with van der Waals surface area (Å²) in [6.07, 6.45) is 2.70. The summed E-state index contributed by atoms with van der Waals surface area (Å²) >= 11 is 0. The Morgan fingerprint density at radius 1 is 1.62 bits per heavy atom. The summed E-state index contributed by atoms with van der Waals surface area (Å²) in [5.74, 6) is -0.714. The van der Waals surface area contributed by atoms with E-state index in [0.29, 0.717) is 6.04 Å². The Kier molecular flexibility index (Phi) is 3.47. The van der Waals surface area contributed by atoms with Crippen molar-refractivity contribution in [1.82, 2.24) is 15.5 Å². The van der Waals surface area contributed by atoms with E-state index in [2.05, 4.69) is 22.6 Å². The molecule has 0 aromatic heterocycles. The van der Waals surface area contributed by atoms with Gasteiger partial charge in [0.05, 0.1) is 12.0 Å². The predicted molar refractivity (Wildman–Crippen MR) is 61.5 cm³/mol. The third-order valence-corrected chi connectivity index (χ3v) is 3.80. The zero-order valence-electron chi connectivity index (χ0n) is 9.83. The van der Waals surface area contributed by atoms with Crippen LogP contribution in [-0.2, 0) is 4.79 Å². The Morgan fingerprint density at radius 3 is 2.81 bits per heavy atom. The maximum absolute atomic E-state index is 10.8. The van der Waals surface area contributed by atoms with Gasteiger partial charge in [0.2, 0.25) is 0 Å². The van der Waals surface area contributed by atoms with Crippen molar-refractivity contribution in [3.05, 3.63) is 0 Å². The molecular formula is C11H21N3O2. The number of likely N-dealkylation sites (tertiary alicyclic amines) is 1. The van der Waals surface area contributed by atoms with Gasteiger partial charge >= 0.3 is 5.97 Å². The molecule has 0 bridgehead atoms. The van der Waals surface area contributed by atoms with E-state index in [1.807, 2.05) is 0 Å². The third-order valence-electron chi connectivity index (χ3n) is 3.80. The smallest absolute Gasteiger partial charge is 0.305 e. The van der Waals surface area contributed by atoms with Gasteiger partial charge in [0, 0.05) is 25.7 Å². The maximum Gasteiger partial charge on any atom is 0.305 e. The normalized spacial score (nSPS) is 28.9. The lowest BCUT2D eigenvalue weighted by molar-refractivity contribution is -0.139. The van der Waals surface area contributed by atoms with E-state index in [9.17, 15) is 4.79 Å². The van der Waals surface area contributed by atoms with Crippen LogP contribution in [0.4, 0.5) is 0 Å². The highest BCUT2D eigenvalue weighted by atomic mass is 16.4. The van der Waals surface area contributed by atoms with Crippen molar-refractivity contribution in [2.45, 2.75) is 30.8 Å². The number of carboxylic acids is 1. The predicted octanol–water partition coefficient (Wildman–Crippen LogP) is -0.513. The van der Waals surface area contributed by atoms with E-state index >= 15 is 0 Å². The van der Waals surface area contributed by atoms with E-state index in [1.165, 1.54) is 12.8 Å². The van der Waals surface area contributed by atoms with Crippen LogP contribution in [0.2, 0.25) is 0 Å². The Morgan fingerprint density at radius 2 is 2.38 bits per heavy atom. The van der Waals surface area contributed by atoms with Gasteiger partial charge in [-0.25, -0.2) is 0 Å². The molecule has 1 atom stereocenters. The maximum atomic E-state index is 10.8. The van der Waals surface area contributed by atoms with Crippen molar-refractivity contribution < 1.29 is 9.90 Å². The molecule has 2 rings (SSSR count). The molecule has 0 aromatic rings. The van der Waals surface area contributed by atoms with Gasteiger partial charge in [0.1, 0.15) is 0 Å². The summed E-state index contributed by atoms with van der Waals surface area (Å²) in [7, 11) is 2.14. The lowest BCUT2D eigenvalue weighted by Gasteiger charge is -2.43. The second-order valence-corrected chi connectivity index (χ2v) is 5.11. The standard InChI is InChI=1S/C11H21N3O2/c1-14-4-2-3-9(14)6-13-11(5-10(15)16)7-12-8-11/h9,12-13H,2-8H2,1H3,(H,15,16). The molecule has 0 aromatic carbocycles. The number of aliphatic carboxylic acids is 1. The third kappa shape index (κ3) is 2.53. The molecule has 3 N–H and O–H groups in total. The molecule has 0 amide bonds. The lowest BCUT2D eigenvalue weighted by Crippen LogP contribution is -2.69. The van der Waals surface area contributed by atoms with E-state index < -0.39 is 5.97 Å². The molecule has 2 saturated heterocycles. The zero-order chi connectivity index (χ0) is 11.6. The Bertz CT molecular complexity index is 266. The van der Waals surface area contributed by atoms with Gasteiger partial charge in [0.15, 0.2) is 0 Å². The first kappa shape index (κ1) is 11.8. The first-order chi connectivity index (χ1) is 7.61. The monoisotopic (exact) mass is 227 g/mol. The van der Waals surface area contributed by atoms with Gasteiger partial charge in [-0.1, -0.05) is 0 Å². The highest BCUT2D eigenvalue weighted by molar-refractivity contribution is 5.68. The molecule has 16 heavy (non-hydrogen) atoms. The molecule has 0 spiro atoms. The molecule has 5 nitrogen and oxygen atoms in total. The Labute approximate surface area is 96.2 Å². The first-order valence-electron chi connectivity index (χ1n) is 5.99. The van der Waals surface area contributed by atoms with Crippen molar-refractivity contribution in [2.24, 2.45) is 0 Å². The summed E-state index contributed by atoms with van der Waals surface area (Å²) in [6.45, 7) is 3.62. The number of hydrogen-bond donors (Lipinski definition) is 3. The van der Waals surface area contributed by atoms with Gasteiger partial charge in [-0.2, -0.15) is 0 Å². The average molecular weight is 227 g/mol. The molecule has 1 unspecified atom stereocenters. The fourth-order valence-corrected chi connectivity index (χ4v) is 2.60. The topological polar surface area (TPSA) is 64.6 Å². The second-order valence-electron chi connectivity index (χ2n) is 5.11. The van der Waals surface area contributed by atoms with Gasteiger partial charge in [-0.15, -0.1) is 0 Å². The first-order valence-corrected chi connectivity index (χ1v) is 5.99. The summed E-state index contributed by atoms with van der Waals surface area (Å²) in [5.41, 5.74) is -0.199. The van der Waals surface area contributed by atoms with E-state index in [0.717, 1.165) is 26.2 Å². The van der Waals surface area contributed by atoms with Crippen molar-refractivity contribution in [3.8, 4) is 0 Å². The number of rotatable bonds is 5. The quantitative estimate of drug-likeness (QED) is 0.590. The lowest BCUT2D eigenvalue weighted by atomic mass is 9.88. The molecule has 2 aliphatic rings. The Hall–Kier alpha value is -0.650. The van der Waals surface area contributed by atoms with Crippen molar-refractivity contribution >= 4 is 5.97 Å². The van der Waals surface area contributed by atoms with Crippen LogP contribution in [0.15, 0.2) is 0 Å². The second kappa shape index (κ2) is 4.69. The van der Waals surface area contributed by atoms with Crippen LogP contribution < -0.4 is 10.6 Å². The van der Waals surface area contributed by atoms with Crippen molar-refractivity contribution in [1.29, 1.82) is 0 Å². The molecule has 0 saturated carbocycles. The molecular weight excluding hydrogens is 206 g/mol. The molecule has 0 radical (unpaired) electrons. The van der Waals surface area contributed by atoms with E-state index in [1.54, 1.807) is 0 Å². The minimum atomic E-state index is -0.714. The molecule has 92 valence electrons. The van der Waals surface area contributed by atoms with E-state index in [-0.39, 0.29) is 12.0 Å². The fourth-order valence-electron chi connectivity index (χ4n) is 2.60. The Balaban J connectivity index is 1.80. The van der Waals surface area contributed by atoms with Crippen LogP contribution in [0.3, 0.4) is 0 Å². The van der Waals surface area contributed by atoms with Crippen LogP contribution in [0.1, 0.15) is 19.3 Å². The van der Waals surface area contributed by atoms with Gasteiger partial charge < -0.3 is 20.6 Å². The highest BCUT2D eigenvalue weighted by Gasteiger charge is 2.39. The number of nitrogens with one attached hydrogen (secondary N) is 2. The largest absolute Gasteiger partial charge is 0.481 e. The van der Waals surface area contributed by atoms with Gasteiger partial charge in [-0.3, -0.25) is 4.79 Å². The summed E-state index contributed by atoms with van der Waals surface area (Å²) in [6, 6.07) is 0.575. The highest BCUT2D eigenvalue weighted by Crippen LogP contribution is 2.19. The number of carboxylic acid groups (broad SMARTS) is 1. The summed E-state index contributed by atoms with van der Waals surface area (Å²) in [4.78, 5) is 13.1. The molecule has 2 fully saturated rings. The van der Waals surface area contributed by atoms with Crippen LogP contribution in [0.25, 0.3) is 0 Å². The minimum absolute atomic E-state index is 0.199. The average Bonchev–Trinajstić information content (AvgIpc) is 2.55. The number of likely N-dealkylation sites (N-methyl/N-ethyl adjacent to an activating group) is 1. The van der Waals surface area contributed by atoms with Crippen LogP contribution >= 0.6 is 0 Å². The molecule has 5 heteroatoms. The SMILES string of the molecule is CN1CCCC1CNC1(CC(=O)O)CNC1. The molecule has 2 heterocycles. The van der Waals surface area contributed by atoms with Crippen LogP contribution in [-0.4, -0.2) is 60.8 Å². The van der Waals surface area contributed by atoms with Crippen molar-refractivity contribution in [2.75, 3.05) is 33.2 Å².